The van der Waals surface area contributed by atoms with Crippen LogP contribution in [0.1, 0.15) is 18.4 Å². The molecule has 0 saturated carbocycles. The first-order valence-electron chi connectivity index (χ1n) is 5.95. The van der Waals surface area contributed by atoms with Crippen LogP contribution in [0, 0.1) is 6.92 Å². The number of aryl methyl sites for hydroxylation is 1. The van der Waals surface area contributed by atoms with Crippen molar-refractivity contribution in [3.05, 3.63) is 28.8 Å². The van der Waals surface area contributed by atoms with Gasteiger partial charge in [0, 0.05) is 29.3 Å². The number of nitrogens with zero attached hydrogens (tertiary/aromatic N) is 1. The van der Waals surface area contributed by atoms with Crippen molar-refractivity contribution in [2.75, 3.05) is 24.6 Å². The minimum Gasteiger partial charge on any atom is -0.394 e. The predicted molar refractivity (Wildman–Crippen MR) is 71.6 cm³/mol. The van der Waals surface area contributed by atoms with Crippen molar-refractivity contribution < 1.29 is 5.11 Å². The first-order valence-corrected chi connectivity index (χ1v) is 6.33. The van der Waals surface area contributed by atoms with Crippen molar-refractivity contribution in [2.24, 2.45) is 5.73 Å². The normalized spacial score (nSPS) is 19.4. The predicted octanol–water partition coefficient (Wildman–Crippen LogP) is 1.94. The molecule has 1 heterocycles. The molecule has 0 unspecified atom stereocenters. The number of aliphatic hydroxyl groups excluding tert-OH is 1. The molecule has 1 aliphatic heterocycles. The van der Waals surface area contributed by atoms with E-state index in [-0.39, 0.29) is 6.61 Å². The number of anilines is 1. The number of hydrogen-bond acceptors (Lipinski definition) is 3. The van der Waals surface area contributed by atoms with Gasteiger partial charge in [-0.3, -0.25) is 0 Å². The standard InChI is InChI=1S/C13H19ClN2O/c1-10-8-11(14)2-3-12(10)16-6-4-13(15,9-17)5-7-16/h2-3,8,17H,4-7,9,15H2,1H3. The van der Waals surface area contributed by atoms with E-state index in [1.165, 1.54) is 11.3 Å². The molecule has 0 atom stereocenters. The fourth-order valence-corrected chi connectivity index (χ4v) is 2.55. The van der Waals surface area contributed by atoms with Gasteiger partial charge >= 0.3 is 0 Å². The minimum absolute atomic E-state index is 0.0699. The summed E-state index contributed by atoms with van der Waals surface area (Å²) in [6, 6.07) is 5.95. The lowest BCUT2D eigenvalue weighted by molar-refractivity contribution is 0.170. The van der Waals surface area contributed by atoms with E-state index >= 15 is 0 Å². The third-order valence-electron chi connectivity index (χ3n) is 3.57. The quantitative estimate of drug-likeness (QED) is 0.848. The number of benzene rings is 1. The zero-order valence-corrected chi connectivity index (χ0v) is 10.9. The van der Waals surface area contributed by atoms with Gasteiger partial charge in [0.1, 0.15) is 0 Å². The lowest BCUT2D eigenvalue weighted by Gasteiger charge is -2.39. The Kier molecular flexibility index (Phi) is 3.61. The summed E-state index contributed by atoms with van der Waals surface area (Å²) in [4.78, 5) is 2.31. The first kappa shape index (κ1) is 12.7. The summed E-state index contributed by atoms with van der Waals surface area (Å²) in [6.45, 7) is 3.91. The van der Waals surface area contributed by atoms with E-state index < -0.39 is 5.54 Å². The Morgan fingerprint density at radius 1 is 1.41 bits per heavy atom. The maximum absolute atomic E-state index is 9.24. The fourth-order valence-electron chi connectivity index (χ4n) is 2.32. The van der Waals surface area contributed by atoms with Crippen molar-refractivity contribution in [2.45, 2.75) is 25.3 Å². The van der Waals surface area contributed by atoms with Crippen LogP contribution >= 0.6 is 11.6 Å². The minimum atomic E-state index is -0.392. The van der Waals surface area contributed by atoms with E-state index in [0.717, 1.165) is 31.0 Å². The molecule has 1 fully saturated rings. The number of halogens is 1. The number of piperidine rings is 1. The summed E-state index contributed by atoms with van der Waals surface area (Å²) < 4.78 is 0. The smallest absolute Gasteiger partial charge is 0.0612 e. The lowest BCUT2D eigenvalue weighted by Crippen LogP contribution is -2.53. The molecule has 0 spiro atoms. The monoisotopic (exact) mass is 254 g/mol. The number of aliphatic hydroxyl groups is 1. The zero-order valence-electron chi connectivity index (χ0n) is 10.1. The highest BCUT2D eigenvalue weighted by atomic mass is 35.5. The van der Waals surface area contributed by atoms with Crippen molar-refractivity contribution in [1.82, 2.24) is 0 Å². The highest BCUT2D eigenvalue weighted by Crippen LogP contribution is 2.28. The van der Waals surface area contributed by atoms with E-state index in [9.17, 15) is 5.11 Å². The second kappa shape index (κ2) is 4.84. The number of hydrogen-bond donors (Lipinski definition) is 2. The zero-order chi connectivity index (χ0) is 12.5. The number of rotatable bonds is 2. The van der Waals surface area contributed by atoms with Crippen LogP contribution in [-0.2, 0) is 0 Å². The first-order chi connectivity index (χ1) is 8.04. The van der Waals surface area contributed by atoms with E-state index in [2.05, 4.69) is 17.9 Å². The fraction of sp³-hybridized carbons (Fsp3) is 0.538. The van der Waals surface area contributed by atoms with E-state index in [4.69, 9.17) is 17.3 Å². The van der Waals surface area contributed by atoms with Crippen LogP contribution < -0.4 is 10.6 Å². The van der Waals surface area contributed by atoms with Crippen molar-refractivity contribution in [3.63, 3.8) is 0 Å². The van der Waals surface area contributed by atoms with E-state index in [1.54, 1.807) is 0 Å². The third kappa shape index (κ3) is 2.73. The Hall–Kier alpha value is -0.770. The van der Waals surface area contributed by atoms with Gasteiger partial charge in [-0.25, -0.2) is 0 Å². The highest BCUT2D eigenvalue weighted by molar-refractivity contribution is 6.30. The van der Waals surface area contributed by atoms with E-state index in [0.29, 0.717) is 0 Å². The summed E-state index contributed by atoms with van der Waals surface area (Å²) >= 11 is 5.95. The SMILES string of the molecule is Cc1cc(Cl)ccc1N1CCC(N)(CO)CC1. The van der Waals surface area contributed by atoms with Gasteiger partial charge < -0.3 is 15.7 Å². The maximum atomic E-state index is 9.24. The molecule has 4 heteroatoms. The molecule has 1 aromatic carbocycles. The Bertz CT molecular complexity index is 400. The maximum Gasteiger partial charge on any atom is 0.0612 e. The summed E-state index contributed by atoms with van der Waals surface area (Å²) in [5.74, 6) is 0. The van der Waals surface area contributed by atoms with Crippen molar-refractivity contribution in [1.29, 1.82) is 0 Å². The van der Waals surface area contributed by atoms with Crippen LogP contribution in [0.5, 0.6) is 0 Å². The molecular formula is C13H19ClN2O. The number of nitrogens with two attached hydrogens (primary N) is 1. The molecule has 1 saturated heterocycles. The summed E-state index contributed by atoms with van der Waals surface area (Å²) in [6.07, 6.45) is 1.65. The van der Waals surface area contributed by atoms with Crippen LogP contribution in [0.15, 0.2) is 18.2 Å². The van der Waals surface area contributed by atoms with Crippen LogP contribution in [-0.4, -0.2) is 30.3 Å². The second-order valence-corrected chi connectivity index (χ2v) is 5.37. The molecule has 3 N–H and O–H groups in total. The van der Waals surface area contributed by atoms with Crippen molar-refractivity contribution in [3.8, 4) is 0 Å². The average Bonchev–Trinajstić information content (AvgIpc) is 2.31. The molecule has 94 valence electrons. The highest BCUT2D eigenvalue weighted by Gasteiger charge is 2.30. The Labute approximate surface area is 107 Å². The summed E-state index contributed by atoms with van der Waals surface area (Å²) in [5.41, 5.74) is 8.07. The van der Waals surface area contributed by atoms with Gasteiger partial charge in [0.05, 0.1) is 6.61 Å². The van der Waals surface area contributed by atoms with Gasteiger partial charge in [0.2, 0.25) is 0 Å². The van der Waals surface area contributed by atoms with Gasteiger partial charge in [0.25, 0.3) is 0 Å². The van der Waals surface area contributed by atoms with Crippen LogP contribution in [0.25, 0.3) is 0 Å². The average molecular weight is 255 g/mol. The Morgan fingerprint density at radius 2 is 2.06 bits per heavy atom. The molecule has 17 heavy (non-hydrogen) atoms. The Morgan fingerprint density at radius 3 is 2.59 bits per heavy atom. The molecule has 2 rings (SSSR count). The van der Waals surface area contributed by atoms with Crippen LogP contribution in [0.2, 0.25) is 5.02 Å². The Balaban J connectivity index is 2.10. The molecule has 0 aromatic heterocycles. The van der Waals surface area contributed by atoms with Gasteiger partial charge in [-0.05, 0) is 43.5 Å². The van der Waals surface area contributed by atoms with Crippen LogP contribution in [0.4, 0.5) is 5.69 Å². The van der Waals surface area contributed by atoms with Gasteiger partial charge in [-0.1, -0.05) is 11.6 Å². The van der Waals surface area contributed by atoms with Gasteiger partial charge in [-0.15, -0.1) is 0 Å². The lowest BCUT2D eigenvalue weighted by atomic mass is 9.89. The molecule has 0 aliphatic carbocycles. The van der Waals surface area contributed by atoms with Gasteiger partial charge in [0.15, 0.2) is 0 Å². The van der Waals surface area contributed by atoms with Gasteiger partial charge in [-0.2, -0.15) is 0 Å². The van der Waals surface area contributed by atoms with Crippen LogP contribution in [0.3, 0.4) is 0 Å². The van der Waals surface area contributed by atoms with E-state index in [1.807, 2.05) is 12.1 Å². The summed E-state index contributed by atoms with van der Waals surface area (Å²) in [5, 5.41) is 10.0. The summed E-state index contributed by atoms with van der Waals surface area (Å²) in [7, 11) is 0. The molecule has 3 nitrogen and oxygen atoms in total. The molecular weight excluding hydrogens is 236 g/mol. The molecule has 1 aromatic rings. The topological polar surface area (TPSA) is 49.5 Å². The molecule has 1 aliphatic rings. The third-order valence-corrected chi connectivity index (χ3v) is 3.81. The van der Waals surface area contributed by atoms with Crippen molar-refractivity contribution >= 4 is 17.3 Å². The molecule has 0 radical (unpaired) electrons. The largest absolute Gasteiger partial charge is 0.394 e. The molecule has 0 bridgehead atoms. The second-order valence-electron chi connectivity index (χ2n) is 4.94. The molecule has 0 amide bonds.